The van der Waals surface area contributed by atoms with Crippen LogP contribution in [0.25, 0.3) is 31.6 Å². The number of rotatable bonds is 6. The van der Waals surface area contributed by atoms with E-state index in [1.54, 1.807) is 11.3 Å². The summed E-state index contributed by atoms with van der Waals surface area (Å²) in [7, 11) is 0. The van der Waals surface area contributed by atoms with Gasteiger partial charge >= 0.3 is 5.97 Å². The molecule has 0 saturated heterocycles. The summed E-state index contributed by atoms with van der Waals surface area (Å²) in [5, 5.41) is 14.9. The maximum atomic E-state index is 12.0. The van der Waals surface area contributed by atoms with Crippen molar-refractivity contribution in [2.75, 3.05) is 5.32 Å². The van der Waals surface area contributed by atoms with Crippen LogP contribution < -0.4 is 5.32 Å². The zero-order chi connectivity index (χ0) is 21.4. The van der Waals surface area contributed by atoms with E-state index in [-0.39, 0.29) is 0 Å². The van der Waals surface area contributed by atoms with Crippen LogP contribution in [0, 0.1) is 6.92 Å². The number of benzene rings is 2. The summed E-state index contributed by atoms with van der Waals surface area (Å²) in [5.41, 5.74) is 4.25. The number of carboxylic acids is 1. The highest BCUT2D eigenvalue weighted by atomic mass is 32.1. The molecule has 3 heterocycles. The first-order chi connectivity index (χ1) is 15.1. The number of aromatic nitrogens is 3. The molecule has 5 aromatic rings. The zero-order valence-corrected chi connectivity index (χ0v) is 17.6. The number of hydrogen-bond acceptors (Lipinski definition) is 5. The SMILES string of the molecule is Cc1ccc(-c2cc3c(N[C@@H](Cc4c[nH]c5ccccc45)C(=O)O)ncnc3s2)cc1. The molecule has 3 aromatic heterocycles. The number of aliphatic carboxylic acids is 1. The van der Waals surface area contributed by atoms with Crippen LogP contribution in [0.5, 0.6) is 0 Å². The van der Waals surface area contributed by atoms with E-state index in [9.17, 15) is 9.90 Å². The Morgan fingerprint density at radius 3 is 2.74 bits per heavy atom. The third kappa shape index (κ3) is 3.75. The third-order valence-corrected chi connectivity index (χ3v) is 6.47. The third-order valence-electron chi connectivity index (χ3n) is 5.37. The van der Waals surface area contributed by atoms with Gasteiger partial charge in [-0.3, -0.25) is 0 Å². The molecule has 0 fully saturated rings. The van der Waals surface area contributed by atoms with Crippen molar-refractivity contribution in [2.24, 2.45) is 0 Å². The fraction of sp³-hybridized carbons (Fsp3) is 0.125. The summed E-state index contributed by atoms with van der Waals surface area (Å²) in [4.78, 5) is 25.9. The Balaban J connectivity index is 1.47. The van der Waals surface area contributed by atoms with Crippen LogP contribution in [-0.2, 0) is 11.2 Å². The van der Waals surface area contributed by atoms with Gasteiger partial charge in [0.15, 0.2) is 0 Å². The zero-order valence-electron chi connectivity index (χ0n) is 16.8. The predicted octanol–water partition coefficient (Wildman–Crippen LogP) is 5.26. The second-order valence-corrected chi connectivity index (χ2v) is 8.55. The number of fused-ring (bicyclic) bond motifs is 2. The van der Waals surface area contributed by atoms with Gasteiger partial charge in [0.2, 0.25) is 0 Å². The molecule has 0 radical (unpaired) electrons. The van der Waals surface area contributed by atoms with E-state index in [1.165, 1.54) is 11.9 Å². The highest BCUT2D eigenvalue weighted by molar-refractivity contribution is 7.21. The Morgan fingerprint density at radius 1 is 1.13 bits per heavy atom. The number of para-hydroxylation sites is 1. The Hall–Kier alpha value is -3.71. The van der Waals surface area contributed by atoms with Crippen LogP contribution >= 0.6 is 11.3 Å². The largest absolute Gasteiger partial charge is 0.480 e. The summed E-state index contributed by atoms with van der Waals surface area (Å²) in [6, 6.07) is 17.4. The van der Waals surface area contributed by atoms with E-state index in [1.807, 2.05) is 36.5 Å². The van der Waals surface area contributed by atoms with Gasteiger partial charge in [-0.05, 0) is 30.2 Å². The Bertz CT molecular complexity index is 1390. The molecule has 0 aliphatic carbocycles. The number of carboxylic acid groups (broad SMARTS) is 1. The first kappa shape index (κ1) is 19.3. The molecule has 0 aliphatic rings. The van der Waals surface area contributed by atoms with Crippen LogP contribution in [0.15, 0.2) is 67.1 Å². The second kappa shape index (κ2) is 7.85. The molecular weight excluding hydrogens is 408 g/mol. The van der Waals surface area contributed by atoms with Gasteiger partial charge in [-0.25, -0.2) is 14.8 Å². The van der Waals surface area contributed by atoms with Gasteiger partial charge in [0, 0.05) is 28.4 Å². The monoisotopic (exact) mass is 428 g/mol. The summed E-state index contributed by atoms with van der Waals surface area (Å²) >= 11 is 1.57. The maximum absolute atomic E-state index is 12.0. The Kier molecular flexibility index (Phi) is 4.88. The minimum Gasteiger partial charge on any atom is -0.480 e. The van der Waals surface area contributed by atoms with Gasteiger partial charge in [0.05, 0.1) is 5.39 Å². The number of nitrogens with one attached hydrogen (secondary N) is 2. The number of thiophene rings is 1. The molecule has 3 N–H and O–H groups in total. The lowest BCUT2D eigenvalue weighted by Gasteiger charge is -2.15. The first-order valence-corrected chi connectivity index (χ1v) is 10.8. The Labute approximate surface area is 182 Å². The van der Waals surface area contributed by atoms with Gasteiger partial charge in [-0.15, -0.1) is 11.3 Å². The molecule has 2 aromatic carbocycles. The van der Waals surface area contributed by atoms with Crippen LogP contribution in [0.3, 0.4) is 0 Å². The lowest BCUT2D eigenvalue weighted by atomic mass is 10.0. The minimum atomic E-state index is -0.925. The topological polar surface area (TPSA) is 90.9 Å². The van der Waals surface area contributed by atoms with E-state index in [0.717, 1.165) is 37.1 Å². The lowest BCUT2D eigenvalue weighted by molar-refractivity contribution is -0.137. The first-order valence-electron chi connectivity index (χ1n) is 9.94. The normalized spacial score (nSPS) is 12.3. The van der Waals surface area contributed by atoms with Crippen molar-refractivity contribution < 1.29 is 9.90 Å². The van der Waals surface area contributed by atoms with Crippen LogP contribution in [-0.4, -0.2) is 32.1 Å². The van der Waals surface area contributed by atoms with E-state index in [2.05, 4.69) is 51.5 Å². The number of aryl methyl sites for hydroxylation is 1. The highest BCUT2D eigenvalue weighted by Gasteiger charge is 2.22. The average Bonchev–Trinajstić information content (AvgIpc) is 3.39. The second-order valence-electron chi connectivity index (χ2n) is 7.52. The quantitative estimate of drug-likeness (QED) is 0.343. The average molecular weight is 429 g/mol. The maximum Gasteiger partial charge on any atom is 0.326 e. The minimum absolute atomic E-state index is 0.333. The van der Waals surface area contributed by atoms with Crippen molar-refractivity contribution in [3.63, 3.8) is 0 Å². The fourth-order valence-electron chi connectivity index (χ4n) is 3.72. The fourth-order valence-corrected chi connectivity index (χ4v) is 4.72. The molecule has 0 amide bonds. The molecule has 6 nitrogen and oxygen atoms in total. The molecule has 0 spiro atoms. The molecule has 5 rings (SSSR count). The molecule has 0 bridgehead atoms. The standard InChI is InChI=1S/C24H20N4O2S/c1-14-6-8-15(9-7-14)21-11-18-22(26-13-27-23(18)31-21)28-20(24(29)30)10-16-12-25-19-5-3-2-4-17(16)19/h2-9,11-13,20,25H,10H2,1H3,(H,29,30)(H,26,27,28)/t20-/m0/s1. The molecule has 0 aliphatic heterocycles. The van der Waals surface area contributed by atoms with Crippen LogP contribution in [0.1, 0.15) is 11.1 Å². The van der Waals surface area contributed by atoms with Crippen molar-refractivity contribution in [3.05, 3.63) is 78.2 Å². The molecule has 154 valence electrons. The van der Waals surface area contributed by atoms with Crippen molar-refractivity contribution in [1.82, 2.24) is 15.0 Å². The number of anilines is 1. The number of carbonyl (C=O) groups is 1. The van der Waals surface area contributed by atoms with Gasteiger partial charge in [0.1, 0.15) is 23.0 Å². The summed E-state index contributed by atoms with van der Waals surface area (Å²) < 4.78 is 0. The number of aromatic amines is 1. The van der Waals surface area contributed by atoms with Crippen molar-refractivity contribution in [1.29, 1.82) is 0 Å². The van der Waals surface area contributed by atoms with Crippen molar-refractivity contribution in [3.8, 4) is 10.4 Å². The van der Waals surface area contributed by atoms with Crippen LogP contribution in [0.2, 0.25) is 0 Å². The van der Waals surface area contributed by atoms with Crippen molar-refractivity contribution in [2.45, 2.75) is 19.4 Å². The van der Waals surface area contributed by atoms with E-state index in [4.69, 9.17) is 0 Å². The predicted molar refractivity (Wildman–Crippen MR) is 125 cm³/mol. The van der Waals surface area contributed by atoms with E-state index in [0.29, 0.717) is 12.2 Å². The summed E-state index contributed by atoms with van der Waals surface area (Å²) in [6.07, 6.45) is 3.68. The molecule has 31 heavy (non-hydrogen) atoms. The summed E-state index contributed by atoms with van der Waals surface area (Å²) in [5.74, 6) is -0.391. The van der Waals surface area contributed by atoms with Crippen molar-refractivity contribution >= 4 is 44.2 Å². The Morgan fingerprint density at radius 2 is 1.94 bits per heavy atom. The highest BCUT2D eigenvalue weighted by Crippen LogP contribution is 2.35. The molecule has 0 unspecified atom stereocenters. The molecule has 1 atom stereocenters. The molecule has 7 heteroatoms. The van der Waals surface area contributed by atoms with E-state index >= 15 is 0 Å². The van der Waals surface area contributed by atoms with Gasteiger partial charge in [-0.2, -0.15) is 0 Å². The van der Waals surface area contributed by atoms with Crippen LogP contribution in [0.4, 0.5) is 5.82 Å². The number of nitrogens with zero attached hydrogens (tertiary/aromatic N) is 2. The lowest BCUT2D eigenvalue weighted by Crippen LogP contribution is -2.31. The van der Waals surface area contributed by atoms with Gasteiger partial charge < -0.3 is 15.4 Å². The van der Waals surface area contributed by atoms with Gasteiger partial charge in [0.25, 0.3) is 0 Å². The summed E-state index contributed by atoms with van der Waals surface area (Å²) in [6.45, 7) is 2.06. The number of H-pyrrole nitrogens is 1. The van der Waals surface area contributed by atoms with E-state index < -0.39 is 12.0 Å². The molecular formula is C24H20N4O2S. The number of hydrogen-bond donors (Lipinski definition) is 3. The molecule has 0 saturated carbocycles. The van der Waals surface area contributed by atoms with Gasteiger partial charge in [-0.1, -0.05) is 48.0 Å². The smallest absolute Gasteiger partial charge is 0.326 e.